The fourth-order valence-corrected chi connectivity index (χ4v) is 2.86. The van der Waals surface area contributed by atoms with Crippen molar-refractivity contribution in [1.82, 2.24) is 9.47 Å². The van der Waals surface area contributed by atoms with Gasteiger partial charge >= 0.3 is 5.76 Å². The molecule has 2 heterocycles. The molecule has 1 aromatic carbocycles. The molecule has 1 aliphatic rings. The van der Waals surface area contributed by atoms with Crippen molar-refractivity contribution in [3.05, 3.63) is 34.8 Å². The first-order valence-electron chi connectivity index (χ1n) is 7.04. The second-order valence-electron chi connectivity index (χ2n) is 5.35. The zero-order valence-electron chi connectivity index (χ0n) is 11.5. The van der Waals surface area contributed by atoms with Crippen LogP contribution >= 0.6 is 0 Å². The molecule has 5 nitrogen and oxygen atoms in total. The molecule has 5 heteroatoms. The van der Waals surface area contributed by atoms with E-state index in [0.29, 0.717) is 11.1 Å². The number of nitrogens with zero attached hydrogens (tertiary/aromatic N) is 2. The van der Waals surface area contributed by atoms with Gasteiger partial charge in [-0.15, -0.1) is 0 Å². The predicted molar refractivity (Wildman–Crippen MR) is 75.5 cm³/mol. The van der Waals surface area contributed by atoms with Crippen molar-refractivity contribution in [3.63, 3.8) is 0 Å². The molecule has 0 N–H and O–H groups in total. The fraction of sp³-hybridized carbons (Fsp3) is 0.467. The molecular weight excluding hydrogens is 256 g/mol. The Kier molecular flexibility index (Phi) is 3.34. The van der Waals surface area contributed by atoms with E-state index >= 15 is 0 Å². The molecule has 106 valence electrons. The van der Waals surface area contributed by atoms with Crippen LogP contribution in [0.4, 0.5) is 0 Å². The average molecular weight is 274 g/mol. The zero-order valence-corrected chi connectivity index (χ0v) is 11.5. The summed E-state index contributed by atoms with van der Waals surface area (Å²) in [6.07, 6.45) is 3.24. The number of carbonyl (C=O) groups is 1. The molecule has 0 saturated carbocycles. The predicted octanol–water partition coefficient (Wildman–Crippen LogP) is 2.00. The SMILES string of the molecule is C[C@H]1CCCCN1C(=O)Cn1c(=O)oc2ccccc21. The lowest BCUT2D eigenvalue weighted by Gasteiger charge is -2.33. The van der Waals surface area contributed by atoms with Gasteiger partial charge in [-0.2, -0.15) is 0 Å². The Morgan fingerprint density at radius 3 is 2.95 bits per heavy atom. The lowest BCUT2D eigenvalue weighted by atomic mass is 10.0. The van der Waals surface area contributed by atoms with Crippen LogP contribution in [0.15, 0.2) is 33.5 Å². The highest BCUT2D eigenvalue weighted by Gasteiger charge is 2.24. The van der Waals surface area contributed by atoms with E-state index in [-0.39, 0.29) is 18.5 Å². The number of aromatic nitrogens is 1. The number of para-hydroxylation sites is 2. The summed E-state index contributed by atoms with van der Waals surface area (Å²) in [6, 6.07) is 7.44. The van der Waals surface area contributed by atoms with Crippen LogP contribution in [0.5, 0.6) is 0 Å². The van der Waals surface area contributed by atoms with Gasteiger partial charge in [-0.3, -0.25) is 9.36 Å². The first-order valence-corrected chi connectivity index (χ1v) is 7.04. The van der Waals surface area contributed by atoms with Gasteiger partial charge in [0.25, 0.3) is 0 Å². The van der Waals surface area contributed by atoms with E-state index in [2.05, 4.69) is 6.92 Å². The highest BCUT2D eigenvalue weighted by Crippen LogP contribution is 2.18. The van der Waals surface area contributed by atoms with Gasteiger partial charge in [0.1, 0.15) is 6.54 Å². The topological polar surface area (TPSA) is 55.5 Å². The molecule has 2 aromatic rings. The van der Waals surface area contributed by atoms with Gasteiger partial charge in [0, 0.05) is 12.6 Å². The van der Waals surface area contributed by atoms with E-state index in [1.165, 1.54) is 11.0 Å². The summed E-state index contributed by atoms with van der Waals surface area (Å²) in [5.41, 5.74) is 1.20. The molecule has 20 heavy (non-hydrogen) atoms. The fourth-order valence-electron chi connectivity index (χ4n) is 2.86. The molecule has 1 fully saturated rings. The Labute approximate surface area is 116 Å². The quantitative estimate of drug-likeness (QED) is 0.841. The number of hydrogen-bond donors (Lipinski definition) is 0. The molecule has 0 spiro atoms. The molecule has 3 rings (SSSR count). The van der Waals surface area contributed by atoms with E-state index in [1.54, 1.807) is 12.1 Å². The number of hydrogen-bond acceptors (Lipinski definition) is 3. The minimum atomic E-state index is -0.468. The maximum Gasteiger partial charge on any atom is 0.420 e. The summed E-state index contributed by atoms with van der Waals surface area (Å²) in [4.78, 5) is 26.1. The summed E-state index contributed by atoms with van der Waals surface area (Å²) in [5, 5.41) is 0. The number of oxazole rings is 1. The minimum Gasteiger partial charge on any atom is -0.408 e. The van der Waals surface area contributed by atoms with Crippen molar-refractivity contribution >= 4 is 17.0 Å². The van der Waals surface area contributed by atoms with Crippen LogP contribution in [0.25, 0.3) is 11.1 Å². The smallest absolute Gasteiger partial charge is 0.408 e. The number of amides is 1. The number of piperidine rings is 1. The summed E-state index contributed by atoms with van der Waals surface area (Å²) < 4.78 is 6.57. The number of carbonyl (C=O) groups excluding carboxylic acids is 1. The van der Waals surface area contributed by atoms with Gasteiger partial charge in [0.05, 0.1) is 5.52 Å². The van der Waals surface area contributed by atoms with Crippen molar-refractivity contribution in [2.75, 3.05) is 6.54 Å². The van der Waals surface area contributed by atoms with Crippen LogP contribution in [0.2, 0.25) is 0 Å². The van der Waals surface area contributed by atoms with Crippen LogP contribution in [0.3, 0.4) is 0 Å². The van der Waals surface area contributed by atoms with E-state index in [0.717, 1.165) is 19.4 Å². The molecule has 0 bridgehead atoms. The highest BCUT2D eigenvalue weighted by atomic mass is 16.4. The van der Waals surface area contributed by atoms with E-state index in [1.807, 2.05) is 17.0 Å². The van der Waals surface area contributed by atoms with Gasteiger partial charge in [-0.1, -0.05) is 12.1 Å². The third-order valence-corrected chi connectivity index (χ3v) is 3.99. The number of fused-ring (bicyclic) bond motifs is 1. The average Bonchev–Trinajstić information content (AvgIpc) is 2.76. The number of likely N-dealkylation sites (tertiary alicyclic amines) is 1. The second-order valence-corrected chi connectivity index (χ2v) is 5.35. The lowest BCUT2D eigenvalue weighted by molar-refractivity contribution is -0.135. The number of rotatable bonds is 2. The van der Waals surface area contributed by atoms with E-state index in [4.69, 9.17) is 4.42 Å². The highest BCUT2D eigenvalue weighted by molar-refractivity contribution is 5.79. The molecule has 1 saturated heterocycles. The normalized spacial score (nSPS) is 19.4. The van der Waals surface area contributed by atoms with Crippen molar-refractivity contribution in [1.29, 1.82) is 0 Å². The molecule has 0 radical (unpaired) electrons. The van der Waals surface area contributed by atoms with Gasteiger partial charge in [0.2, 0.25) is 5.91 Å². The van der Waals surface area contributed by atoms with Crippen molar-refractivity contribution < 1.29 is 9.21 Å². The van der Waals surface area contributed by atoms with Crippen LogP contribution in [0.1, 0.15) is 26.2 Å². The Bertz CT molecular complexity index is 686. The Morgan fingerprint density at radius 1 is 1.35 bits per heavy atom. The van der Waals surface area contributed by atoms with Crippen molar-refractivity contribution in [2.45, 2.75) is 38.8 Å². The Balaban J connectivity index is 1.87. The minimum absolute atomic E-state index is 0.00847. The van der Waals surface area contributed by atoms with Gasteiger partial charge < -0.3 is 9.32 Å². The van der Waals surface area contributed by atoms with Crippen LogP contribution < -0.4 is 5.76 Å². The standard InChI is InChI=1S/C15H18N2O3/c1-11-6-4-5-9-16(11)14(18)10-17-12-7-2-3-8-13(12)20-15(17)19/h2-3,7-8,11H,4-6,9-10H2,1H3/t11-/m0/s1. The van der Waals surface area contributed by atoms with Gasteiger partial charge in [-0.25, -0.2) is 4.79 Å². The van der Waals surface area contributed by atoms with Crippen molar-refractivity contribution in [3.8, 4) is 0 Å². The second kappa shape index (κ2) is 5.15. The largest absolute Gasteiger partial charge is 0.420 e. The first-order chi connectivity index (χ1) is 9.66. The molecule has 1 atom stereocenters. The molecule has 0 unspecified atom stereocenters. The third kappa shape index (κ3) is 2.24. The molecule has 1 aliphatic heterocycles. The summed E-state index contributed by atoms with van der Waals surface area (Å²) in [6.45, 7) is 2.90. The molecule has 0 aliphatic carbocycles. The summed E-state index contributed by atoms with van der Waals surface area (Å²) >= 11 is 0. The van der Waals surface area contributed by atoms with Gasteiger partial charge in [0.15, 0.2) is 5.58 Å². The molecule has 1 aromatic heterocycles. The Hall–Kier alpha value is -2.04. The van der Waals surface area contributed by atoms with Crippen molar-refractivity contribution in [2.24, 2.45) is 0 Å². The summed E-state index contributed by atoms with van der Waals surface area (Å²) in [5.74, 6) is -0.477. The van der Waals surface area contributed by atoms with Crippen LogP contribution in [-0.4, -0.2) is 28.0 Å². The zero-order chi connectivity index (χ0) is 14.1. The van der Waals surface area contributed by atoms with E-state index in [9.17, 15) is 9.59 Å². The summed E-state index contributed by atoms with van der Waals surface area (Å²) in [7, 11) is 0. The maximum absolute atomic E-state index is 12.4. The molecular formula is C15H18N2O3. The van der Waals surface area contributed by atoms with E-state index < -0.39 is 5.76 Å². The molecule has 1 amide bonds. The lowest BCUT2D eigenvalue weighted by Crippen LogP contribution is -2.44. The Morgan fingerprint density at radius 2 is 2.15 bits per heavy atom. The number of benzene rings is 1. The first kappa shape index (κ1) is 13.0. The van der Waals surface area contributed by atoms with Crippen LogP contribution in [0, 0.1) is 0 Å². The monoisotopic (exact) mass is 274 g/mol. The van der Waals surface area contributed by atoms with Crippen LogP contribution in [-0.2, 0) is 11.3 Å². The maximum atomic E-state index is 12.4. The van der Waals surface area contributed by atoms with Gasteiger partial charge in [-0.05, 0) is 38.3 Å². The third-order valence-electron chi connectivity index (χ3n) is 3.99.